The van der Waals surface area contributed by atoms with Gasteiger partial charge in [-0.05, 0) is 44.7 Å². The number of carbonyl (C=O) groups is 3. The van der Waals surface area contributed by atoms with Crippen molar-refractivity contribution in [3.05, 3.63) is 24.4 Å². The van der Waals surface area contributed by atoms with Crippen molar-refractivity contribution in [1.82, 2.24) is 14.8 Å². The van der Waals surface area contributed by atoms with Gasteiger partial charge in [-0.1, -0.05) is 18.9 Å². The molecule has 8 nitrogen and oxygen atoms in total. The predicted octanol–water partition coefficient (Wildman–Crippen LogP) is 1.84. The van der Waals surface area contributed by atoms with Crippen LogP contribution in [-0.4, -0.2) is 77.9 Å². The van der Waals surface area contributed by atoms with Crippen molar-refractivity contribution in [1.29, 1.82) is 0 Å². The van der Waals surface area contributed by atoms with Crippen LogP contribution in [0.25, 0.3) is 0 Å². The van der Waals surface area contributed by atoms with Gasteiger partial charge in [-0.25, -0.2) is 4.98 Å². The zero-order valence-corrected chi connectivity index (χ0v) is 18.3. The third-order valence-corrected chi connectivity index (χ3v) is 6.90. The van der Waals surface area contributed by atoms with Gasteiger partial charge in [0.15, 0.2) is 0 Å². The predicted molar refractivity (Wildman–Crippen MR) is 115 cm³/mol. The van der Waals surface area contributed by atoms with Gasteiger partial charge in [0, 0.05) is 38.9 Å². The van der Waals surface area contributed by atoms with E-state index in [1.165, 1.54) is 0 Å². The van der Waals surface area contributed by atoms with Crippen LogP contribution in [0.3, 0.4) is 0 Å². The number of hydrogen-bond donors (Lipinski definition) is 0. The van der Waals surface area contributed by atoms with Crippen molar-refractivity contribution in [2.45, 2.75) is 51.5 Å². The van der Waals surface area contributed by atoms with Gasteiger partial charge in [0.25, 0.3) is 0 Å². The van der Waals surface area contributed by atoms with Crippen molar-refractivity contribution in [3.63, 3.8) is 0 Å². The molecule has 0 aromatic carbocycles. The van der Waals surface area contributed by atoms with E-state index in [4.69, 9.17) is 4.74 Å². The first-order valence-electron chi connectivity index (χ1n) is 11.5. The normalized spacial score (nSPS) is 23.1. The summed E-state index contributed by atoms with van der Waals surface area (Å²) in [6, 6.07) is 5.36. The second kappa shape index (κ2) is 9.24. The molecule has 0 spiro atoms. The Morgan fingerprint density at radius 1 is 1.06 bits per heavy atom. The second-order valence-electron chi connectivity index (χ2n) is 8.67. The minimum absolute atomic E-state index is 0.00327. The van der Waals surface area contributed by atoms with E-state index in [0.29, 0.717) is 38.9 Å². The standard InChI is InChI=1S/C23H32N4O4/c1-2-31-22(30)23(10-4-5-11-23)21(29)27-13-7-8-18(27)20(28)26-16-14-25(15-17-26)19-9-3-6-12-24-19/h3,6,9,12,18H,2,4-5,7-8,10-11,13-17H2,1H3. The van der Waals surface area contributed by atoms with Crippen molar-refractivity contribution < 1.29 is 19.1 Å². The molecule has 3 aliphatic rings. The Morgan fingerprint density at radius 3 is 2.45 bits per heavy atom. The average molecular weight is 429 g/mol. The fourth-order valence-corrected chi connectivity index (χ4v) is 5.20. The molecule has 0 bridgehead atoms. The van der Waals surface area contributed by atoms with E-state index in [1.54, 1.807) is 18.0 Å². The van der Waals surface area contributed by atoms with E-state index < -0.39 is 17.4 Å². The first kappa shape index (κ1) is 21.6. The van der Waals surface area contributed by atoms with Crippen LogP contribution in [0.5, 0.6) is 0 Å². The van der Waals surface area contributed by atoms with E-state index in [2.05, 4.69) is 9.88 Å². The average Bonchev–Trinajstić information content (AvgIpc) is 3.50. The number of anilines is 1. The van der Waals surface area contributed by atoms with Gasteiger partial charge < -0.3 is 19.4 Å². The quantitative estimate of drug-likeness (QED) is 0.526. The smallest absolute Gasteiger partial charge is 0.321 e. The molecular weight excluding hydrogens is 396 g/mol. The maximum absolute atomic E-state index is 13.6. The maximum Gasteiger partial charge on any atom is 0.321 e. The highest BCUT2D eigenvalue weighted by molar-refractivity contribution is 6.04. The zero-order valence-electron chi connectivity index (χ0n) is 18.3. The molecule has 168 valence electrons. The summed E-state index contributed by atoms with van der Waals surface area (Å²) in [6.45, 7) is 5.21. The summed E-state index contributed by atoms with van der Waals surface area (Å²) in [5.41, 5.74) is -1.10. The van der Waals surface area contributed by atoms with Gasteiger partial charge in [-0.15, -0.1) is 0 Å². The highest BCUT2D eigenvalue weighted by Crippen LogP contribution is 2.42. The molecule has 0 N–H and O–H groups in total. The molecule has 2 amide bonds. The number of nitrogens with zero attached hydrogens (tertiary/aromatic N) is 4. The molecule has 8 heteroatoms. The Kier molecular flexibility index (Phi) is 6.43. The number of pyridine rings is 1. The number of rotatable bonds is 5. The zero-order chi connectivity index (χ0) is 21.8. The summed E-state index contributed by atoms with van der Waals surface area (Å²) in [6.07, 6.45) is 5.94. The molecule has 4 rings (SSSR count). The SMILES string of the molecule is CCOC(=O)C1(C(=O)N2CCCC2C(=O)N2CCN(c3ccccn3)CC2)CCCC1. The molecule has 1 unspecified atom stereocenters. The van der Waals surface area contributed by atoms with Crippen molar-refractivity contribution in [3.8, 4) is 0 Å². The molecule has 1 atom stereocenters. The van der Waals surface area contributed by atoms with Gasteiger partial charge in [0.05, 0.1) is 6.61 Å². The Hall–Kier alpha value is -2.64. The van der Waals surface area contributed by atoms with E-state index in [9.17, 15) is 14.4 Å². The van der Waals surface area contributed by atoms with Gasteiger partial charge in [-0.3, -0.25) is 14.4 Å². The van der Waals surface area contributed by atoms with Gasteiger partial charge >= 0.3 is 5.97 Å². The number of piperazine rings is 1. The lowest BCUT2D eigenvalue weighted by Gasteiger charge is -2.39. The molecular formula is C23H32N4O4. The molecule has 2 saturated heterocycles. The molecule has 1 aliphatic carbocycles. The summed E-state index contributed by atoms with van der Waals surface area (Å²) in [4.78, 5) is 49.8. The summed E-state index contributed by atoms with van der Waals surface area (Å²) in [7, 11) is 0. The van der Waals surface area contributed by atoms with Crippen LogP contribution >= 0.6 is 0 Å². The van der Waals surface area contributed by atoms with E-state index in [-0.39, 0.29) is 18.4 Å². The molecule has 31 heavy (non-hydrogen) atoms. The van der Waals surface area contributed by atoms with Crippen molar-refractivity contribution in [2.75, 3.05) is 44.2 Å². The second-order valence-corrected chi connectivity index (χ2v) is 8.67. The molecule has 3 heterocycles. The third kappa shape index (κ3) is 4.12. The lowest BCUT2D eigenvalue weighted by molar-refractivity contribution is -0.167. The summed E-state index contributed by atoms with van der Waals surface area (Å²) in [5, 5.41) is 0. The molecule has 2 aliphatic heterocycles. The first-order valence-corrected chi connectivity index (χ1v) is 11.5. The maximum atomic E-state index is 13.6. The lowest BCUT2D eigenvalue weighted by atomic mass is 9.84. The van der Waals surface area contributed by atoms with E-state index >= 15 is 0 Å². The number of ether oxygens (including phenoxy) is 1. The van der Waals surface area contributed by atoms with Gasteiger partial charge in [0.2, 0.25) is 11.8 Å². The highest BCUT2D eigenvalue weighted by atomic mass is 16.5. The summed E-state index contributed by atoms with van der Waals surface area (Å²) >= 11 is 0. The highest BCUT2D eigenvalue weighted by Gasteiger charge is 2.53. The number of amides is 2. The Balaban J connectivity index is 1.43. The number of esters is 1. The summed E-state index contributed by atoms with van der Waals surface area (Å²) < 4.78 is 5.28. The van der Waals surface area contributed by atoms with Crippen molar-refractivity contribution in [2.24, 2.45) is 5.41 Å². The largest absolute Gasteiger partial charge is 0.465 e. The summed E-state index contributed by atoms with van der Waals surface area (Å²) in [5.74, 6) is 0.305. The van der Waals surface area contributed by atoms with Gasteiger partial charge in [-0.2, -0.15) is 0 Å². The first-order chi connectivity index (χ1) is 15.1. The van der Waals surface area contributed by atoms with Crippen LogP contribution in [-0.2, 0) is 19.1 Å². The van der Waals surface area contributed by atoms with Crippen molar-refractivity contribution >= 4 is 23.6 Å². The Labute approximate surface area is 183 Å². The van der Waals surface area contributed by atoms with Crippen LogP contribution in [0.1, 0.15) is 45.4 Å². The van der Waals surface area contributed by atoms with Gasteiger partial charge in [0.1, 0.15) is 17.3 Å². The molecule has 1 aromatic heterocycles. The Bertz CT molecular complexity index is 801. The lowest BCUT2D eigenvalue weighted by Crippen LogP contribution is -2.57. The third-order valence-electron chi connectivity index (χ3n) is 6.90. The van der Waals surface area contributed by atoms with Crippen LogP contribution < -0.4 is 4.90 Å². The van der Waals surface area contributed by atoms with E-state index in [0.717, 1.165) is 38.2 Å². The molecule has 1 saturated carbocycles. The van der Waals surface area contributed by atoms with Crippen LogP contribution in [0.2, 0.25) is 0 Å². The number of carbonyl (C=O) groups excluding carboxylic acids is 3. The Morgan fingerprint density at radius 2 is 1.81 bits per heavy atom. The van der Waals surface area contributed by atoms with Crippen LogP contribution in [0.4, 0.5) is 5.82 Å². The number of aromatic nitrogens is 1. The number of likely N-dealkylation sites (tertiary alicyclic amines) is 1. The molecule has 1 aromatic rings. The monoisotopic (exact) mass is 428 g/mol. The van der Waals surface area contributed by atoms with Crippen LogP contribution in [0, 0.1) is 5.41 Å². The molecule has 3 fully saturated rings. The molecule has 0 radical (unpaired) electrons. The van der Waals surface area contributed by atoms with E-state index in [1.807, 2.05) is 23.1 Å². The topological polar surface area (TPSA) is 83.0 Å². The fourth-order valence-electron chi connectivity index (χ4n) is 5.20. The fraction of sp³-hybridized carbons (Fsp3) is 0.652. The number of hydrogen-bond acceptors (Lipinski definition) is 6. The minimum atomic E-state index is -1.10. The van der Waals surface area contributed by atoms with Crippen LogP contribution in [0.15, 0.2) is 24.4 Å². The minimum Gasteiger partial charge on any atom is -0.465 e.